The minimum Gasteiger partial charge on any atom is -0.386 e. The van der Waals surface area contributed by atoms with Crippen LogP contribution in [0.25, 0.3) is 0 Å². The van der Waals surface area contributed by atoms with E-state index in [0.29, 0.717) is 11.7 Å². The quantitative estimate of drug-likeness (QED) is 0.886. The third kappa shape index (κ3) is 3.46. The van der Waals surface area contributed by atoms with Crippen molar-refractivity contribution in [1.29, 1.82) is 0 Å². The average Bonchev–Trinajstić information content (AvgIpc) is 3.05. The number of aliphatic hydroxyl groups excluding tert-OH is 1. The van der Waals surface area contributed by atoms with Gasteiger partial charge in [-0.3, -0.25) is 9.58 Å². The molecule has 118 valence electrons. The Hall–Kier alpha value is -0.920. The number of hydrogen-bond donors (Lipinski definition) is 1. The van der Waals surface area contributed by atoms with Crippen molar-refractivity contribution < 1.29 is 13.5 Å². The van der Waals surface area contributed by atoms with Crippen LogP contribution in [-0.4, -0.2) is 52.8 Å². The van der Waals surface area contributed by atoms with Crippen molar-refractivity contribution in [2.24, 2.45) is 0 Å². The minimum atomic E-state index is -3.21. The van der Waals surface area contributed by atoms with Gasteiger partial charge in [0, 0.05) is 25.4 Å². The molecule has 0 bridgehead atoms. The summed E-state index contributed by atoms with van der Waals surface area (Å²) in [4.78, 5) is 2.50. The van der Waals surface area contributed by atoms with E-state index in [-0.39, 0.29) is 5.75 Å². The molecule has 1 aromatic heterocycles. The van der Waals surface area contributed by atoms with Crippen LogP contribution in [0.1, 0.15) is 43.2 Å². The van der Waals surface area contributed by atoms with Crippen LogP contribution in [0.2, 0.25) is 0 Å². The highest BCUT2D eigenvalue weighted by atomic mass is 32.2. The van der Waals surface area contributed by atoms with Gasteiger partial charge < -0.3 is 5.11 Å². The van der Waals surface area contributed by atoms with Crippen molar-refractivity contribution in [1.82, 2.24) is 14.7 Å². The zero-order valence-electron chi connectivity index (χ0n) is 12.4. The van der Waals surface area contributed by atoms with Crippen LogP contribution in [0.5, 0.6) is 0 Å². The molecule has 0 aromatic carbocycles. The number of fused-ring (bicyclic) bond motifs is 1. The van der Waals surface area contributed by atoms with Crippen LogP contribution >= 0.6 is 0 Å². The standard InChI is InChI=1S/C14H23N3O3S/c1-21(19,20)10-14(18)13-8-12-9-16(6-7-17(12)15-13)11-4-2-3-5-11/h8,11,14,18H,2-7,9-10H2,1H3/t14-/m0/s1. The third-order valence-electron chi connectivity index (χ3n) is 4.49. The van der Waals surface area contributed by atoms with E-state index in [9.17, 15) is 13.5 Å². The molecule has 7 heteroatoms. The van der Waals surface area contributed by atoms with Gasteiger partial charge in [0.1, 0.15) is 15.9 Å². The first-order chi connectivity index (χ1) is 9.92. The van der Waals surface area contributed by atoms with Gasteiger partial charge in [0.25, 0.3) is 0 Å². The van der Waals surface area contributed by atoms with E-state index in [0.717, 1.165) is 31.6 Å². The molecule has 0 radical (unpaired) electrons. The Balaban J connectivity index is 1.72. The lowest BCUT2D eigenvalue weighted by Crippen LogP contribution is -2.39. The smallest absolute Gasteiger partial charge is 0.150 e. The van der Waals surface area contributed by atoms with E-state index in [1.807, 2.05) is 10.7 Å². The van der Waals surface area contributed by atoms with Gasteiger partial charge >= 0.3 is 0 Å². The van der Waals surface area contributed by atoms with E-state index in [4.69, 9.17) is 0 Å². The van der Waals surface area contributed by atoms with E-state index in [1.165, 1.54) is 25.7 Å². The fraction of sp³-hybridized carbons (Fsp3) is 0.786. The Labute approximate surface area is 125 Å². The molecule has 1 N–H and O–H groups in total. The van der Waals surface area contributed by atoms with Gasteiger partial charge in [-0.2, -0.15) is 5.10 Å². The molecule has 0 saturated heterocycles. The van der Waals surface area contributed by atoms with Gasteiger partial charge in [0.2, 0.25) is 0 Å². The second kappa shape index (κ2) is 5.70. The van der Waals surface area contributed by atoms with Crippen LogP contribution in [-0.2, 0) is 22.9 Å². The van der Waals surface area contributed by atoms with Crippen LogP contribution in [0, 0.1) is 0 Å². The second-order valence-corrected chi connectivity index (χ2v) is 8.49. The Bertz CT molecular complexity index is 605. The Morgan fingerprint density at radius 3 is 2.76 bits per heavy atom. The molecule has 1 atom stereocenters. The molecule has 1 saturated carbocycles. The zero-order valence-corrected chi connectivity index (χ0v) is 13.2. The van der Waals surface area contributed by atoms with Gasteiger partial charge in [0.05, 0.1) is 23.7 Å². The summed E-state index contributed by atoms with van der Waals surface area (Å²) in [5, 5.41) is 14.4. The monoisotopic (exact) mass is 313 g/mol. The fourth-order valence-electron chi connectivity index (χ4n) is 3.42. The normalized spacial score (nSPS) is 22.4. The third-order valence-corrected chi connectivity index (χ3v) is 5.41. The molecule has 2 aliphatic rings. The number of hydrogen-bond acceptors (Lipinski definition) is 5. The maximum atomic E-state index is 11.3. The molecule has 6 nitrogen and oxygen atoms in total. The van der Waals surface area contributed by atoms with Crippen molar-refractivity contribution >= 4 is 9.84 Å². The number of nitrogens with zero attached hydrogens (tertiary/aromatic N) is 3. The molecule has 1 aliphatic heterocycles. The number of aliphatic hydroxyl groups is 1. The molecule has 1 fully saturated rings. The summed E-state index contributed by atoms with van der Waals surface area (Å²) in [5.74, 6) is -0.268. The largest absolute Gasteiger partial charge is 0.386 e. The number of sulfone groups is 1. The lowest BCUT2D eigenvalue weighted by atomic mass is 10.1. The van der Waals surface area contributed by atoms with Crippen molar-refractivity contribution in [2.45, 2.75) is 50.9 Å². The summed E-state index contributed by atoms with van der Waals surface area (Å²) < 4.78 is 24.5. The van der Waals surface area contributed by atoms with E-state index in [1.54, 1.807) is 0 Å². The van der Waals surface area contributed by atoms with Gasteiger partial charge in [0.15, 0.2) is 0 Å². The Morgan fingerprint density at radius 2 is 2.10 bits per heavy atom. The summed E-state index contributed by atoms with van der Waals surface area (Å²) in [6, 6.07) is 2.54. The molecule has 0 amide bonds. The molecule has 1 aliphatic carbocycles. The molecular formula is C14H23N3O3S. The van der Waals surface area contributed by atoms with Crippen molar-refractivity contribution in [3.8, 4) is 0 Å². The van der Waals surface area contributed by atoms with Gasteiger partial charge in [-0.05, 0) is 18.9 Å². The summed E-state index contributed by atoms with van der Waals surface area (Å²) in [5.41, 5.74) is 1.55. The van der Waals surface area contributed by atoms with Crippen LogP contribution < -0.4 is 0 Å². The highest BCUT2D eigenvalue weighted by molar-refractivity contribution is 7.90. The topological polar surface area (TPSA) is 75.4 Å². The molecule has 21 heavy (non-hydrogen) atoms. The van der Waals surface area contributed by atoms with E-state index < -0.39 is 15.9 Å². The molecule has 0 unspecified atom stereocenters. The zero-order chi connectivity index (χ0) is 15.0. The highest BCUT2D eigenvalue weighted by Gasteiger charge is 2.28. The predicted molar refractivity (Wildman–Crippen MR) is 79.6 cm³/mol. The van der Waals surface area contributed by atoms with E-state index >= 15 is 0 Å². The maximum absolute atomic E-state index is 11.3. The Morgan fingerprint density at radius 1 is 1.38 bits per heavy atom. The first kappa shape index (κ1) is 15.0. The summed E-state index contributed by atoms with van der Waals surface area (Å²) in [7, 11) is -3.21. The molecule has 3 rings (SSSR count). The van der Waals surface area contributed by atoms with Gasteiger partial charge in [-0.25, -0.2) is 8.42 Å². The first-order valence-electron chi connectivity index (χ1n) is 7.59. The van der Waals surface area contributed by atoms with Crippen molar-refractivity contribution in [3.05, 3.63) is 17.5 Å². The van der Waals surface area contributed by atoms with Crippen LogP contribution in [0.4, 0.5) is 0 Å². The lowest BCUT2D eigenvalue weighted by molar-refractivity contribution is 0.151. The fourth-order valence-corrected chi connectivity index (χ4v) is 4.17. The van der Waals surface area contributed by atoms with Gasteiger partial charge in [-0.1, -0.05) is 12.8 Å². The van der Waals surface area contributed by atoms with Crippen molar-refractivity contribution in [3.63, 3.8) is 0 Å². The predicted octanol–water partition coefficient (Wildman–Crippen LogP) is 0.719. The van der Waals surface area contributed by atoms with Crippen molar-refractivity contribution in [2.75, 3.05) is 18.6 Å². The lowest BCUT2D eigenvalue weighted by Gasteiger charge is -2.32. The summed E-state index contributed by atoms with van der Waals surface area (Å²) in [6.45, 7) is 2.65. The molecule has 0 spiro atoms. The summed E-state index contributed by atoms with van der Waals surface area (Å²) >= 11 is 0. The molecular weight excluding hydrogens is 290 g/mol. The van der Waals surface area contributed by atoms with Crippen LogP contribution in [0.3, 0.4) is 0 Å². The number of aromatic nitrogens is 2. The van der Waals surface area contributed by atoms with E-state index in [2.05, 4.69) is 10.00 Å². The summed E-state index contributed by atoms with van der Waals surface area (Å²) in [6.07, 6.45) is 5.29. The highest BCUT2D eigenvalue weighted by Crippen LogP contribution is 2.27. The van der Waals surface area contributed by atoms with Gasteiger partial charge in [-0.15, -0.1) is 0 Å². The second-order valence-electron chi connectivity index (χ2n) is 6.30. The first-order valence-corrected chi connectivity index (χ1v) is 9.65. The SMILES string of the molecule is CS(=O)(=O)C[C@H](O)c1cc2n(n1)CCN(C1CCCC1)C2. The number of rotatable bonds is 4. The molecule has 1 aromatic rings. The van der Waals surface area contributed by atoms with Crippen LogP contribution in [0.15, 0.2) is 6.07 Å². The Kier molecular flexibility index (Phi) is 4.07. The molecule has 2 heterocycles. The maximum Gasteiger partial charge on any atom is 0.150 e. The minimum absolute atomic E-state index is 0.268. The average molecular weight is 313 g/mol.